The maximum atomic E-state index is 10.1. The molecule has 1 aliphatic heterocycles. The first-order valence-electron chi connectivity index (χ1n) is 6.01. The number of aromatic hydroxyl groups is 1. The average Bonchev–Trinajstić information content (AvgIpc) is 2.83. The highest BCUT2D eigenvalue weighted by Crippen LogP contribution is 2.46. The fourth-order valence-corrected chi connectivity index (χ4v) is 2.88. The summed E-state index contributed by atoms with van der Waals surface area (Å²) >= 11 is 0. The van der Waals surface area contributed by atoms with Crippen LogP contribution in [0.4, 0.5) is 0 Å². The van der Waals surface area contributed by atoms with E-state index in [4.69, 9.17) is 4.74 Å². The summed E-state index contributed by atoms with van der Waals surface area (Å²) < 4.78 is 5.61. The van der Waals surface area contributed by atoms with Crippen molar-refractivity contribution < 1.29 is 9.84 Å². The van der Waals surface area contributed by atoms with Gasteiger partial charge in [0.2, 0.25) is 0 Å². The monoisotopic (exact) mass is 240 g/mol. The predicted octanol–water partition coefficient (Wildman–Crippen LogP) is 2.27. The van der Waals surface area contributed by atoms with E-state index in [2.05, 4.69) is 10.2 Å². The lowest BCUT2D eigenvalue weighted by Gasteiger charge is -2.30. The zero-order valence-electron chi connectivity index (χ0n) is 9.68. The third kappa shape index (κ3) is 1.23. The number of nitrogens with zero attached hydrogens (tertiary/aromatic N) is 1. The van der Waals surface area contributed by atoms with Crippen LogP contribution in [0.3, 0.4) is 0 Å². The lowest BCUT2D eigenvalue weighted by molar-refractivity contribution is 0.409. The first-order chi connectivity index (χ1) is 8.83. The number of benzene rings is 1. The Morgan fingerprint density at radius 3 is 3.28 bits per heavy atom. The second-order valence-corrected chi connectivity index (χ2v) is 4.81. The van der Waals surface area contributed by atoms with Gasteiger partial charge in [-0.2, -0.15) is 5.10 Å². The van der Waals surface area contributed by atoms with Gasteiger partial charge in [-0.15, -0.1) is 0 Å². The van der Waals surface area contributed by atoms with Crippen LogP contribution in [0.25, 0.3) is 0 Å². The van der Waals surface area contributed by atoms with Crippen LogP contribution in [0, 0.1) is 0 Å². The molecule has 4 rings (SSSR count). The Morgan fingerprint density at radius 2 is 2.33 bits per heavy atom. The number of aromatic amines is 1. The van der Waals surface area contributed by atoms with Crippen LogP contribution in [0.15, 0.2) is 36.2 Å². The highest BCUT2D eigenvalue weighted by atomic mass is 16.5. The molecule has 2 N–H and O–H groups in total. The van der Waals surface area contributed by atoms with Gasteiger partial charge in [0.15, 0.2) is 0 Å². The summed E-state index contributed by atoms with van der Waals surface area (Å²) in [6.07, 6.45) is 5.37. The van der Waals surface area contributed by atoms with E-state index in [0.717, 1.165) is 29.8 Å². The first kappa shape index (κ1) is 9.76. The summed E-state index contributed by atoms with van der Waals surface area (Å²) in [6.45, 7) is 0. The molecule has 4 nitrogen and oxygen atoms in total. The van der Waals surface area contributed by atoms with E-state index in [0.29, 0.717) is 5.75 Å². The van der Waals surface area contributed by atoms with Crippen molar-refractivity contribution in [3.63, 3.8) is 0 Å². The third-order valence-corrected chi connectivity index (χ3v) is 3.79. The van der Waals surface area contributed by atoms with Crippen molar-refractivity contribution in [1.82, 2.24) is 10.2 Å². The molecule has 0 radical (unpaired) electrons. The molecule has 1 aromatic carbocycles. The van der Waals surface area contributed by atoms with Gasteiger partial charge in [-0.1, -0.05) is 6.07 Å². The molecule has 0 amide bonds. The average molecular weight is 240 g/mol. The number of nitrogens with one attached hydrogen (secondary N) is 1. The number of rotatable bonds is 0. The van der Waals surface area contributed by atoms with Crippen LogP contribution in [0.2, 0.25) is 0 Å². The number of phenolic OH excluding ortho intramolecular Hbond substituents is 1. The maximum Gasteiger partial charge on any atom is 0.134 e. The van der Waals surface area contributed by atoms with E-state index in [-0.39, 0.29) is 5.92 Å². The van der Waals surface area contributed by atoms with E-state index < -0.39 is 0 Å². The zero-order chi connectivity index (χ0) is 12.1. The molecular weight excluding hydrogens is 228 g/mol. The summed E-state index contributed by atoms with van der Waals surface area (Å²) in [7, 11) is 0. The Hall–Kier alpha value is -2.23. The van der Waals surface area contributed by atoms with Crippen molar-refractivity contribution in [1.29, 1.82) is 0 Å². The van der Waals surface area contributed by atoms with Gasteiger partial charge in [-0.3, -0.25) is 5.10 Å². The molecule has 1 aromatic heterocycles. The molecule has 4 heteroatoms. The fraction of sp³-hybridized carbons (Fsp3) is 0.214. The van der Waals surface area contributed by atoms with E-state index in [1.807, 2.05) is 18.5 Å². The summed E-state index contributed by atoms with van der Waals surface area (Å²) in [5, 5.41) is 17.2. The Morgan fingerprint density at radius 1 is 1.39 bits per heavy atom. The molecule has 2 heterocycles. The lowest BCUT2D eigenvalue weighted by atomic mass is 9.78. The van der Waals surface area contributed by atoms with Crippen LogP contribution in [-0.2, 0) is 12.8 Å². The minimum absolute atomic E-state index is 0.197. The van der Waals surface area contributed by atoms with Gasteiger partial charge >= 0.3 is 0 Å². The lowest BCUT2D eigenvalue weighted by Crippen LogP contribution is -2.19. The molecule has 0 saturated heterocycles. The molecular formula is C14H12N2O2. The van der Waals surface area contributed by atoms with Gasteiger partial charge in [-0.25, -0.2) is 0 Å². The molecule has 0 spiro atoms. The van der Waals surface area contributed by atoms with Crippen LogP contribution >= 0.6 is 0 Å². The fourth-order valence-electron chi connectivity index (χ4n) is 2.88. The van der Waals surface area contributed by atoms with Gasteiger partial charge < -0.3 is 9.84 Å². The second-order valence-electron chi connectivity index (χ2n) is 4.81. The molecule has 1 aliphatic carbocycles. The first-order valence-corrected chi connectivity index (χ1v) is 6.01. The molecule has 90 valence electrons. The molecule has 1 atom stereocenters. The van der Waals surface area contributed by atoms with Crippen molar-refractivity contribution >= 4 is 0 Å². The molecule has 18 heavy (non-hydrogen) atoms. The number of H-pyrrole nitrogens is 1. The van der Waals surface area contributed by atoms with Gasteiger partial charge in [-0.05, 0) is 23.3 Å². The van der Waals surface area contributed by atoms with E-state index >= 15 is 0 Å². The van der Waals surface area contributed by atoms with Crippen LogP contribution < -0.4 is 4.74 Å². The Kier molecular flexibility index (Phi) is 1.84. The molecule has 0 bridgehead atoms. The maximum absolute atomic E-state index is 10.1. The highest BCUT2D eigenvalue weighted by molar-refractivity contribution is 5.54. The van der Waals surface area contributed by atoms with Crippen molar-refractivity contribution in [2.45, 2.75) is 18.8 Å². The largest absolute Gasteiger partial charge is 0.508 e. The number of allylic oxidation sites excluding steroid dienone is 1. The van der Waals surface area contributed by atoms with E-state index in [9.17, 15) is 5.11 Å². The second kappa shape index (κ2) is 3.38. The predicted molar refractivity (Wildman–Crippen MR) is 65.6 cm³/mol. The topological polar surface area (TPSA) is 58.1 Å². The van der Waals surface area contributed by atoms with Crippen LogP contribution in [-0.4, -0.2) is 15.3 Å². The quantitative estimate of drug-likeness (QED) is 0.742. The van der Waals surface area contributed by atoms with Crippen molar-refractivity contribution in [3.8, 4) is 11.5 Å². The minimum Gasteiger partial charge on any atom is -0.508 e. The third-order valence-electron chi connectivity index (χ3n) is 3.79. The van der Waals surface area contributed by atoms with Gasteiger partial charge in [0, 0.05) is 30.0 Å². The van der Waals surface area contributed by atoms with Gasteiger partial charge in [0.1, 0.15) is 11.5 Å². The number of ether oxygens (including phenoxy) is 1. The minimum atomic E-state index is 0.197. The molecule has 2 aromatic rings. The Labute approximate surface area is 104 Å². The highest BCUT2D eigenvalue weighted by Gasteiger charge is 2.32. The number of fused-ring (bicyclic) bond motifs is 4. The van der Waals surface area contributed by atoms with Crippen molar-refractivity contribution in [2.75, 3.05) is 0 Å². The van der Waals surface area contributed by atoms with E-state index in [1.54, 1.807) is 12.1 Å². The SMILES string of the molecule is Oc1cccc2c1C1Cc3[nH]ncc3CC1=CO2. The van der Waals surface area contributed by atoms with Gasteiger partial charge in [0.05, 0.1) is 12.5 Å². The number of aromatic nitrogens is 2. The summed E-state index contributed by atoms with van der Waals surface area (Å²) in [5.41, 5.74) is 4.49. The molecule has 0 saturated carbocycles. The zero-order valence-corrected chi connectivity index (χ0v) is 9.68. The number of hydrogen-bond donors (Lipinski definition) is 2. The van der Waals surface area contributed by atoms with Crippen molar-refractivity contribution in [2.24, 2.45) is 0 Å². The molecule has 1 unspecified atom stereocenters. The standard InChI is InChI=1S/C14H12N2O2/c17-12-2-1-3-13-14(12)10-5-11-8(6-15-16-11)4-9(10)7-18-13/h1-3,6-7,10,17H,4-5H2,(H,15,16). The van der Waals surface area contributed by atoms with Crippen LogP contribution in [0.5, 0.6) is 11.5 Å². The smallest absolute Gasteiger partial charge is 0.134 e. The number of hydrogen-bond acceptors (Lipinski definition) is 3. The molecule has 0 fully saturated rings. The van der Waals surface area contributed by atoms with Crippen LogP contribution in [0.1, 0.15) is 22.7 Å². The van der Waals surface area contributed by atoms with Crippen molar-refractivity contribution in [3.05, 3.63) is 53.1 Å². The van der Waals surface area contributed by atoms with E-state index in [1.165, 1.54) is 11.1 Å². The molecule has 2 aliphatic rings. The normalized spacial score (nSPS) is 20.2. The summed E-state index contributed by atoms with van der Waals surface area (Å²) in [6, 6.07) is 5.41. The summed E-state index contributed by atoms with van der Waals surface area (Å²) in [4.78, 5) is 0. The Bertz CT molecular complexity index is 658. The summed E-state index contributed by atoms with van der Waals surface area (Å²) in [5.74, 6) is 1.26. The Balaban J connectivity index is 1.87. The van der Waals surface area contributed by atoms with Gasteiger partial charge in [0.25, 0.3) is 0 Å². The number of phenols is 1.